The van der Waals surface area contributed by atoms with Crippen molar-refractivity contribution in [2.75, 3.05) is 0 Å². The van der Waals surface area contributed by atoms with E-state index in [1.807, 2.05) is 0 Å². The Morgan fingerprint density at radius 1 is 1.62 bits per heavy atom. The summed E-state index contributed by atoms with van der Waals surface area (Å²) in [4.78, 5) is 0. The largest absolute Gasteiger partial charge is 0.272 e. The molecule has 0 aromatic rings. The maximum atomic E-state index is 12.3. The molecular formula is C5H7F3. The predicted octanol–water partition coefficient (Wildman–Crippen LogP) is 2.00. The zero-order valence-corrected chi connectivity index (χ0v) is 4.50. The molecule has 1 aliphatic carbocycles. The molecule has 0 aromatic carbocycles. The summed E-state index contributed by atoms with van der Waals surface area (Å²) in [5.41, 5.74) is -2.12. The lowest BCUT2D eigenvalue weighted by Crippen LogP contribution is -2.14. The highest BCUT2D eigenvalue weighted by molar-refractivity contribution is 5.03. The molecule has 8 heavy (non-hydrogen) atoms. The van der Waals surface area contributed by atoms with Gasteiger partial charge < -0.3 is 0 Å². The Labute approximate surface area is 45.7 Å². The maximum Gasteiger partial charge on any atom is 0.272 e. The Kier molecular flexibility index (Phi) is 1.03. The Morgan fingerprint density at radius 3 is 2.00 bits per heavy atom. The van der Waals surface area contributed by atoms with Gasteiger partial charge >= 0.3 is 0 Å². The van der Waals surface area contributed by atoms with E-state index in [9.17, 15) is 13.2 Å². The molecule has 0 nitrogen and oxygen atoms in total. The second kappa shape index (κ2) is 1.39. The van der Waals surface area contributed by atoms with Gasteiger partial charge in [0.15, 0.2) is 5.67 Å². The van der Waals surface area contributed by atoms with Gasteiger partial charge in [0.1, 0.15) is 0 Å². The molecule has 0 N–H and O–H groups in total. The van der Waals surface area contributed by atoms with Crippen molar-refractivity contribution in [2.24, 2.45) is 5.92 Å². The molecule has 0 heterocycles. The minimum absolute atomic E-state index is 0.0324. The molecular weight excluding hydrogens is 117 g/mol. The highest BCUT2D eigenvalue weighted by Crippen LogP contribution is 2.50. The van der Waals surface area contributed by atoms with Gasteiger partial charge in [0, 0.05) is 0 Å². The molecule has 0 spiro atoms. The SMILES string of the molecule is CC1CC1(F)C(F)F. The molecule has 0 saturated heterocycles. The van der Waals surface area contributed by atoms with E-state index in [4.69, 9.17) is 0 Å². The molecule has 2 atom stereocenters. The molecule has 0 aromatic heterocycles. The van der Waals surface area contributed by atoms with Gasteiger partial charge in [-0.25, -0.2) is 13.2 Å². The molecule has 3 heteroatoms. The fourth-order valence-electron chi connectivity index (χ4n) is 0.715. The first-order valence-electron chi connectivity index (χ1n) is 2.54. The molecule has 0 radical (unpaired) electrons. The van der Waals surface area contributed by atoms with Crippen molar-refractivity contribution in [3.05, 3.63) is 0 Å². The molecule has 0 bridgehead atoms. The lowest BCUT2D eigenvalue weighted by atomic mass is 10.3. The van der Waals surface area contributed by atoms with Crippen LogP contribution in [-0.4, -0.2) is 12.1 Å². The smallest absolute Gasteiger partial charge is 0.237 e. The summed E-state index contributed by atoms with van der Waals surface area (Å²) in [7, 11) is 0. The summed E-state index contributed by atoms with van der Waals surface area (Å²) in [5.74, 6) is -0.428. The van der Waals surface area contributed by atoms with Gasteiger partial charge in [-0.3, -0.25) is 0 Å². The Balaban J connectivity index is 2.47. The third-order valence-electron chi connectivity index (χ3n) is 1.64. The van der Waals surface area contributed by atoms with Gasteiger partial charge in [-0.15, -0.1) is 0 Å². The van der Waals surface area contributed by atoms with Gasteiger partial charge in [0.2, 0.25) is 0 Å². The second-order valence-corrected chi connectivity index (χ2v) is 2.33. The summed E-state index contributed by atoms with van der Waals surface area (Å²) in [6.07, 6.45) is -2.75. The van der Waals surface area contributed by atoms with Crippen LogP contribution in [0.2, 0.25) is 0 Å². The van der Waals surface area contributed by atoms with E-state index in [1.54, 1.807) is 0 Å². The third-order valence-corrected chi connectivity index (χ3v) is 1.64. The standard InChI is InChI=1S/C5H7F3/c1-3-2-5(3,8)4(6)7/h3-4H,2H2,1H3. The lowest BCUT2D eigenvalue weighted by molar-refractivity contribution is 0.0247. The Bertz CT molecular complexity index is 102. The fourth-order valence-corrected chi connectivity index (χ4v) is 0.715. The molecule has 2 unspecified atom stereocenters. The number of alkyl halides is 3. The van der Waals surface area contributed by atoms with E-state index in [0.717, 1.165) is 0 Å². The molecule has 1 aliphatic rings. The van der Waals surface area contributed by atoms with Crippen molar-refractivity contribution >= 4 is 0 Å². The molecule has 0 amide bonds. The van der Waals surface area contributed by atoms with Crippen LogP contribution >= 0.6 is 0 Å². The summed E-state index contributed by atoms with van der Waals surface area (Å²) in [5, 5.41) is 0. The van der Waals surface area contributed by atoms with Gasteiger partial charge in [0.05, 0.1) is 0 Å². The predicted molar refractivity (Wildman–Crippen MR) is 23.6 cm³/mol. The number of rotatable bonds is 1. The number of hydrogen-bond donors (Lipinski definition) is 0. The van der Waals surface area contributed by atoms with Crippen molar-refractivity contribution in [1.29, 1.82) is 0 Å². The highest BCUT2D eigenvalue weighted by atomic mass is 19.3. The monoisotopic (exact) mass is 124 g/mol. The van der Waals surface area contributed by atoms with Gasteiger partial charge in [-0.05, 0) is 12.3 Å². The van der Waals surface area contributed by atoms with Crippen LogP contribution < -0.4 is 0 Å². The first kappa shape index (κ1) is 5.92. The Morgan fingerprint density at radius 2 is 2.00 bits per heavy atom. The third kappa shape index (κ3) is 0.607. The van der Waals surface area contributed by atoms with Crippen molar-refractivity contribution in [3.8, 4) is 0 Å². The zero-order chi connectivity index (χ0) is 6.36. The quantitative estimate of drug-likeness (QED) is 0.501. The molecule has 1 fully saturated rings. The van der Waals surface area contributed by atoms with Gasteiger partial charge in [0.25, 0.3) is 6.43 Å². The van der Waals surface area contributed by atoms with Crippen molar-refractivity contribution in [1.82, 2.24) is 0 Å². The zero-order valence-electron chi connectivity index (χ0n) is 4.50. The van der Waals surface area contributed by atoms with Crippen molar-refractivity contribution in [3.63, 3.8) is 0 Å². The summed E-state index contributed by atoms with van der Waals surface area (Å²) in [6, 6.07) is 0. The van der Waals surface area contributed by atoms with E-state index < -0.39 is 18.0 Å². The molecule has 48 valence electrons. The van der Waals surface area contributed by atoms with Crippen LogP contribution in [0.25, 0.3) is 0 Å². The van der Waals surface area contributed by atoms with Crippen LogP contribution in [0.3, 0.4) is 0 Å². The maximum absolute atomic E-state index is 12.3. The van der Waals surface area contributed by atoms with E-state index >= 15 is 0 Å². The van der Waals surface area contributed by atoms with E-state index in [2.05, 4.69) is 0 Å². The lowest BCUT2D eigenvalue weighted by Gasteiger charge is -2.00. The fraction of sp³-hybridized carbons (Fsp3) is 1.00. The van der Waals surface area contributed by atoms with Gasteiger partial charge in [-0.2, -0.15) is 0 Å². The van der Waals surface area contributed by atoms with Gasteiger partial charge in [-0.1, -0.05) is 6.92 Å². The second-order valence-electron chi connectivity index (χ2n) is 2.33. The van der Waals surface area contributed by atoms with Crippen molar-refractivity contribution < 1.29 is 13.2 Å². The van der Waals surface area contributed by atoms with Crippen LogP contribution in [-0.2, 0) is 0 Å². The van der Waals surface area contributed by atoms with Crippen LogP contribution in [0, 0.1) is 5.92 Å². The van der Waals surface area contributed by atoms with Crippen molar-refractivity contribution in [2.45, 2.75) is 25.4 Å². The van der Waals surface area contributed by atoms with E-state index in [-0.39, 0.29) is 6.42 Å². The van der Waals surface area contributed by atoms with Crippen LogP contribution in [0.15, 0.2) is 0 Å². The first-order valence-corrected chi connectivity index (χ1v) is 2.54. The van der Waals surface area contributed by atoms with Crippen LogP contribution in [0.5, 0.6) is 0 Å². The number of hydrogen-bond acceptors (Lipinski definition) is 0. The molecule has 1 saturated carbocycles. The average molecular weight is 124 g/mol. The van der Waals surface area contributed by atoms with Crippen LogP contribution in [0.1, 0.15) is 13.3 Å². The topological polar surface area (TPSA) is 0 Å². The van der Waals surface area contributed by atoms with E-state index in [0.29, 0.717) is 0 Å². The van der Waals surface area contributed by atoms with Crippen LogP contribution in [0.4, 0.5) is 13.2 Å². The molecule has 1 rings (SSSR count). The summed E-state index contributed by atoms with van der Waals surface area (Å²) in [6.45, 7) is 1.49. The summed E-state index contributed by atoms with van der Waals surface area (Å²) >= 11 is 0. The first-order chi connectivity index (χ1) is 3.57. The minimum atomic E-state index is -2.78. The average Bonchev–Trinajstić information content (AvgIpc) is 2.17. The highest BCUT2D eigenvalue weighted by Gasteiger charge is 2.59. The van der Waals surface area contributed by atoms with E-state index in [1.165, 1.54) is 6.92 Å². The number of halogens is 3. The Hall–Kier alpha value is -0.210. The normalized spacial score (nSPS) is 45.4. The molecule has 0 aliphatic heterocycles. The minimum Gasteiger partial charge on any atom is -0.237 e. The summed E-state index contributed by atoms with van der Waals surface area (Å²) < 4.78 is 35.2.